The van der Waals surface area contributed by atoms with Gasteiger partial charge >= 0.3 is 0 Å². The average molecular weight is 298 g/mol. The highest BCUT2D eigenvalue weighted by Gasteiger charge is 2.05. The molecule has 0 unspecified atom stereocenters. The van der Waals surface area contributed by atoms with Crippen LogP contribution in [0.2, 0.25) is 0 Å². The molecule has 0 heterocycles. The number of anilines is 1. The monoisotopic (exact) mass is 297 g/mol. The van der Waals surface area contributed by atoms with Crippen LogP contribution in [0.3, 0.4) is 0 Å². The van der Waals surface area contributed by atoms with E-state index in [0.29, 0.717) is 12.3 Å². The largest absolute Gasteiger partial charge is 0.326 e. The van der Waals surface area contributed by atoms with Gasteiger partial charge in [-0.05, 0) is 36.5 Å². The predicted octanol–water partition coefficient (Wildman–Crippen LogP) is 4.00. The van der Waals surface area contributed by atoms with Gasteiger partial charge in [0.1, 0.15) is 0 Å². The topological polar surface area (TPSA) is 29.1 Å². The van der Waals surface area contributed by atoms with Crippen molar-refractivity contribution < 1.29 is 4.79 Å². The van der Waals surface area contributed by atoms with Crippen LogP contribution >= 0.6 is 15.9 Å². The third kappa shape index (κ3) is 5.87. The second-order valence-corrected chi connectivity index (χ2v) is 5.43. The molecule has 0 spiro atoms. The zero-order valence-electron chi connectivity index (χ0n) is 10.5. The van der Waals surface area contributed by atoms with Crippen molar-refractivity contribution >= 4 is 27.5 Å². The summed E-state index contributed by atoms with van der Waals surface area (Å²) in [5, 5.41) is 3.95. The molecule has 1 N–H and O–H groups in total. The lowest BCUT2D eigenvalue weighted by Crippen LogP contribution is -2.13. The highest BCUT2D eigenvalue weighted by Crippen LogP contribution is 2.13. The highest BCUT2D eigenvalue weighted by atomic mass is 79.9. The Morgan fingerprint density at radius 3 is 2.82 bits per heavy atom. The third-order valence-electron chi connectivity index (χ3n) is 2.40. The van der Waals surface area contributed by atoms with Gasteiger partial charge < -0.3 is 5.32 Å². The number of amides is 1. The lowest BCUT2D eigenvalue weighted by Gasteiger charge is -2.08. The molecule has 1 aromatic carbocycles. The average Bonchev–Trinajstić information content (AvgIpc) is 2.25. The molecule has 0 saturated heterocycles. The maximum Gasteiger partial charge on any atom is 0.224 e. The van der Waals surface area contributed by atoms with E-state index in [9.17, 15) is 4.79 Å². The van der Waals surface area contributed by atoms with Crippen LogP contribution in [-0.4, -0.2) is 11.2 Å². The van der Waals surface area contributed by atoms with Gasteiger partial charge in [0.05, 0.1) is 0 Å². The summed E-state index contributed by atoms with van der Waals surface area (Å²) < 4.78 is 0. The molecular formula is C14H20BrNO. The number of aryl methyl sites for hydroxylation is 1. The number of carbonyl (C=O) groups excluding carboxylic acids is 1. The van der Waals surface area contributed by atoms with E-state index < -0.39 is 0 Å². The first-order valence-corrected chi connectivity index (χ1v) is 7.18. The van der Waals surface area contributed by atoms with E-state index in [1.807, 2.05) is 26.0 Å². The second-order valence-electron chi connectivity index (χ2n) is 4.64. The van der Waals surface area contributed by atoms with Crippen LogP contribution in [0.1, 0.15) is 32.3 Å². The van der Waals surface area contributed by atoms with Gasteiger partial charge in [-0.2, -0.15) is 0 Å². The van der Waals surface area contributed by atoms with E-state index in [1.54, 1.807) is 0 Å². The molecule has 0 aromatic heterocycles. The van der Waals surface area contributed by atoms with E-state index in [2.05, 4.69) is 33.4 Å². The molecule has 0 aliphatic heterocycles. The fourth-order valence-electron chi connectivity index (χ4n) is 1.66. The van der Waals surface area contributed by atoms with Crippen LogP contribution in [0.4, 0.5) is 5.69 Å². The van der Waals surface area contributed by atoms with Crippen molar-refractivity contribution in [3.05, 3.63) is 29.8 Å². The molecule has 17 heavy (non-hydrogen) atoms. The molecule has 0 bridgehead atoms. The Hall–Kier alpha value is -0.830. The van der Waals surface area contributed by atoms with Crippen molar-refractivity contribution in [2.24, 2.45) is 5.92 Å². The van der Waals surface area contributed by atoms with Crippen LogP contribution in [0.5, 0.6) is 0 Å². The first kappa shape index (κ1) is 14.2. The molecule has 1 aromatic rings. The fraction of sp³-hybridized carbons (Fsp3) is 0.500. The molecule has 0 radical (unpaired) electrons. The molecule has 0 saturated carbocycles. The van der Waals surface area contributed by atoms with Crippen LogP contribution in [0, 0.1) is 5.92 Å². The Labute approximate surface area is 112 Å². The summed E-state index contributed by atoms with van der Waals surface area (Å²) in [6.45, 7) is 4.10. The Kier molecular flexibility index (Phi) is 6.27. The fourth-order valence-corrected chi connectivity index (χ4v) is 1.94. The van der Waals surface area contributed by atoms with E-state index in [4.69, 9.17) is 0 Å². The van der Waals surface area contributed by atoms with Gasteiger partial charge in [-0.15, -0.1) is 0 Å². The molecule has 0 fully saturated rings. The summed E-state index contributed by atoms with van der Waals surface area (Å²) in [5.74, 6) is 0.490. The van der Waals surface area contributed by atoms with E-state index >= 15 is 0 Å². The van der Waals surface area contributed by atoms with E-state index in [-0.39, 0.29) is 5.91 Å². The minimum atomic E-state index is 0.0950. The van der Waals surface area contributed by atoms with Gasteiger partial charge in [-0.3, -0.25) is 4.79 Å². The van der Waals surface area contributed by atoms with Crippen LogP contribution < -0.4 is 5.32 Å². The van der Waals surface area contributed by atoms with Crippen molar-refractivity contribution in [2.45, 2.75) is 33.1 Å². The summed E-state index contributed by atoms with van der Waals surface area (Å²) in [7, 11) is 0. The second kappa shape index (κ2) is 7.49. The smallest absolute Gasteiger partial charge is 0.224 e. The van der Waals surface area contributed by atoms with Crippen molar-refractivity contribution in [2.75, 3.05) is 10.6 Å². The number of hydrogen-bond acceptors (Lipinski definition) is 1. The standard InChI is InChI=1S/C14H20BrNO/c1-11(2)9-14(17)16-13-7-3-5-12(10-13)6-4-8-15/h3,5,7,10-11H,4,6,8-9H2,1-2H3,(H,16,17). The number of alkyl halides is 1. The Morgan fingerprint density at radius 2 is 2.18 bits per heavy atom. The lowest BCUT2D eigenvalue weighted by atomic mass is 10.1. The minimum absolute atomic E-state index is 0.0950. The first-order valence-electron chi connectivity index (χ1n) is 6.06. The summed E-state index contributed by atoms with van der Waals surface area (Å²) in [6.07, 6.45) is 2.73. The quantitative estimate of drug-likeness (QED) is 0.790. The summed E-state index contributed by atoms with van der Waals surface area (Å²) in [6, 6.07) is 8.09. The summed E-state index contributed by atoms with van der Waals surface area (Å²) in [5.41, 5.74) is 2.18. The number of carbonyl (C=O) groups is 1. The normalized spacial score (nSPS) is 10.6. The SMILES string of the molecule is CC(C)CC(=O)Nc1cccc(CCCBr)c1. The van der Waals surface area contributed by atoms with Crippen LogP contribution in [0.15, 0.2) is 24.3 Å². The van der Waals surface area contributed by atoms with Crippen molar-refractivity contribution in [3.8, 4) is 0 Å². The number of halogens is 1. The van der Waals surface area contributed by atoms with Gasteiger partial charge in [-0.1, -0.05) is 41.9 Å². The number of benzene rings is 1. The number of rotatable bonds is 6. The maximum absolute atomic E-state index is 11.6. The van der Waals surface area contributed by atoms with Gasteiger partial charge in [0, 0.05) is 17.4 Å². The van der Waals surface area contributed by atoms with E-state index in [0.717, 1.165) is 23.9 Å². The van der Waals surface area contributed by atoms with E-state index in [1.165, 1.54) is 5.56 Å². The maximum atomic E-state index is 11.6. The molecule has 3 heteroatoms. The van der Waals surface area contributed by atoms with Crippen molar-refractivity contribution in [3.63, 3.8) is 0 Å². The summed E-state index contributed by atoms with van der Waals surface area (Å²) >= 11 is 3.42. The molecule has 0 aliphatic rings. The molecular weight excluding hydrogens is 278 g/mol. The molecule has 0 atom stereocenters. The Bertz CT molecular complexity index is 363. The highest BCUT2D eigenvalue weighted by molar-refractivity contribution is 9.09. The molecule has 0 aliphatic carbocycles. The van der Waals surface area contributed by atoms with Crippen LogP contribution in [0.25, 0.3) is 0 Å². The lowest BCUT2D eigenvalue weighted by molar-refractivity contribution is -0.116. The van der Waals surface area contributed by atoms with Gasteiger partial charge in [0.25, 0.3) is 0 Å². The zero-order chi connectivity index (χ0) is 12.7. The molecule has 1 amide bonds. The summed E-state index contributed by atoms with van der Waals surface area (Å²) in [4.78, 5) is 11.6. The zero-order valence-corrected chi connectivity index (χ0v) is 12.1. The predicted molar refractivity (Wildman–Crippen MR) is 76.6 cm³/mol. The minimum Gasteiger partial charge on any atom is -0.326 e. The molecule has 94 valence electrons. The first-order chi connectivity index (χ1) is 8.11. The number of nitrogens with one attached hydrogen (secondary N) is 1. The molecule has 2 nitrogen and oxygen atoms in total. The number of hydrogen-bond donors (Lipinski definition) is 1. The van der Waals surface area contributed by atoms with Gasteiger partial charge in [0.2, 0.25) is 5.91 Å². The van der Waals surface area contributed by atoms with Crippen molar-refractivity contribution in [1.82, 2.24) is 0 Å². The van der Waals surface area contributed by atoms with Crippen molar-refractivity contribution in [1.29, 1.82) is 0 Å². The van der Waals surface area contributed by atoms with Gasteiger partial charge in [-0.25, -0.2) is 0 Å². The van der Waals surface area contributed by atoms with Crippen LogP contribution in [-0.2, 0) is 11.2 Å². The Balaban J connectivity index is 2.56. The van der Waals surface area contributed by atoms with Gasteiger partial charge in [0.15, 0.2) is 0 Å². The Morgan fingerprint density at radius 1 is 1.41 bits per heavy atom. The molecule has 1 rings (SSSR count). The third-order valence-corrected chi connectivity index (χ3v) is 2.96.